The zero-order valence-corrected chi connectivity index (χ0v) is 17.0. The molecule has 2 aromatic carbocycles. The van der Waals surface area contributed by atoms with Crippen LogP contribution < -0.4 is 0 Å². The average Bonchev–Trinajstić information content (AvgIpc) is 3.39. The van der Waals surface area contributed by atoms with Gasteiger partial charge in [0.15, 0.2) is 10.9 Å². The number of benzene rings is 2. The van der Waals surface area contributed by atoms with Crippen molar-refractivity contribution in [2.24, 2.45) is 5.92 Å². The van der Waals surface area contributed by atoms with Crippen LogP contribution in [0.1, 0.15) is 48.9 Å². The number of hydrogen-bond acceptors (Lipinski definition) is 4. The number of carbonyl (C=O) groups is 1. The number of aromatic amines is 1. The van der Waals surface area contributed by atoms with E-state index in [-0.39, 0.29) is 5.78 Å². The maximum atomic E-state index is 13.2. The number of para-hydroxylation sites is 1. The number of carbonyl (C=O) groups excluding carboxylic acids is 1. The van der Waals surface area contributed by atoms with Crippen molar-refractivity contribution in [3.05, 3.63) is 60.4 Å². The molecule has 0 amide bonds. The van der Waals surface area contributed by atoms with Gasteiger partial charge >= 0.3 is 0 Å². The number of hydrogen-bond donors (Lipinski definition) is 1. The van der Waals surface area contributed by atoms with Crippen molar-refractivity contribution in [2.45, 2.75) is 48.6 Å². The molecule has 29 heavy (non-hydrogen) atoms. The van der Waals surface area contributed by atoms with Gasteiger partial charge < -0.3 is 4.98 Å². The molecular formula is C24H23N3OS. The molecule has 1 aliphatic carbocycles. The van der Waals surface area contributed by atoms with E-state index in [9.17, 15) is 4.79 Å². The Morgan fingerprint density at radius 3 is 2.62 bits per heavy atom. The van der Waals surface area contributed by atoms with E-state index >= 15 is 0 Å². The lowest BCUT2D eigenvalue weighted by Gasteiger charge is -2.11. The highest BCUT2D eigenvalue weighted by Gasteiger charge is 2.20. The molecule has 0 bridgehead atoms. The molecule has 0 aliphatic heterocycles. The molecular weight excluding hydrogens is 378 g/mol. The predicted octanol–water partition coefficient (Wildman–Crippen LogP) is 6.42. The number of aromatic nitrogens is 3. The summed E-state index contributed by atoms with van der Waals surface area (Å²) in [6, 6.07) is 14.2. The van der Waals surface area contributed by atoms with Crippen molar-refractivity contribution in [3.63, 3.8) is 0 Å². The predicted molar refractivity (Wildman–Crippen MR) is 117 cm³/mol. The third-order valence-corrected chi connectivity index (χ3v) is 6.86. The minimum Gasteiger partial charge on any atom is -0.354 e. The molecule has 0 spiro atoms. The van der Waals surface area contributed by atoms with Gasteiger partial charge in [-0.15, -0.1) is 0 Å². The van der Waals surface area contributed by atoms with E-state index in [1.54, 1.807) is 18.5 Å². The molecule has 0 unspecified atom stereocenters. The third-order valence-electron chi connectivity index (χ3n) is 5.90. The lowest BCUT2D eigenvalue weighted by atomic mass is 9.96. The third kappa shape index (κ3) is 3.79. The Kier molecular flexibility index (Phi) is 5.06. The van der Waals surface area contributed by atoms with Crippen LogP contribution in [0.3, 0.4) is 0 Å². The van der Waals surface area contributed by atoms with Crippen LogP contribution in [0.25, 0.3) is 21.8 Å². The molecule has 146 valence electrons. The summed E-state index contributed by atoms with van der Waals surface area (Å²) in [5, 5.41) is 2.91. The van der Waals surface area contributed by atoms with Gasteiger partial charge in [-0.05, 0) is 48.4 Å². The maximum absolute atomic E-state index is 13.2. The van der Waals surface area contributed by atoms with Crippen LogP contribution in [-0.4, -0.2) is 20.7 Å². The van der Waals surface area contributed by atoms with Crippen molar-refractivity contribution in [3.8, 4) is 0 Å². The smallest absolute Gasteiger partial charge is 0.192 e. The van der Waals surface area contributed by atoms with Crippen LogP contribution in [0.15, 0.2) is 64.9 Å². The van der Waals surface area contributed by atoms with Crippen LogP contribution in [-0.2, 0) is 0 Å². The van der Waals surface area contributed by atoms with Crippen LogP contribution in [0.2, 0.25) is 0 Å². The molecule has 4 nitrogen and oxygen atoms in total. The van der Waals surface area contributed by atoms with Gasteiger partial charge in [0.2, 0.25) is 0 Å². The first-order valence-corrected chi connectivity index (χ1v) is 11.1. The summed E-state index contributed by atoms with van der Waals surface area (Å²) < 4.78 is 0. The van der Waals surface area contributed by atoms with Crippen molar-refractivity contribution in [1.29, 1.82) is 0 Å². The summed E-state index contributed by atoms with van der Waals surface area (Å²) in [4.78, 5) is 26.3. The quantitative estimate of drug-likeness (QED) is 0.299. The lowest BCUT2D eigenvalue weighted by molar-refractivity contribution is 0.0971. The molecule has 1 saturated carbocycles. The van der Waals surface area contributed by atoms with Crippen LogP contribution in [0.4, 0.5) is 0 Å². The van der Waals surface area contributed by atoms with Gasteiger partial charge in [0.1, 0.15) is 0 Å². The van der Waals surface area contributed by atoms with Crippen molar-refractivity contribution in [1.82, 2.24) is 15.0 Å². The van der Waals surface area contributed by atoms with Gasteiger partial charge in [-0.1, -0.05) is 43.9 Å². The Hall–Kier alpha value is -2.66. The molecule has 1 fully saturated rings. The van der Waals surface area contributed by atoms with E-state index in [1.807, 2.05) is 12.1 Å². The molecule has 0 saturated heterocycles. The first-order valence-electron chi connectivity index (χ1n) is 10.3. The second-order valence-corrected chi connectivity index (χ2v) is 8.82. The molecule has 1 aliphatic rings. The van der Waals surface area contributed by atoms with Gasteiger partial charge in [-0.25, -0.2) is 9.97 Å². The maximum Gasteiger partial charge on any atom is 0.192 e. The minimum absolute atomic E-state index is 0.225. The van der Waals surface area contributed by atoms with Gasteiger partial charge in [0.25, 0.3) is 0 Å². The fourth-order valence-corrected chi connectivity index (χ4v) is 5.27. The highest BCUT2D eigenvalue weighted by molar-refractivity contribution is 7.99. The molecule has 5 heteroatoms. The highest BCUT2D eigenvalue weighted by Crippen LogP contribution is 2.36. The Bertz CT molecular complexity index is 1160. The van der Waals surface area contributed by atoms with Crippen LogP contribution in [0.5, 0.6) is 0 Å². The van der Waals surface area contributed by atoms with Crippen molar-refractivity contribution in [2.75, 3.05) is 0 Å². The van der Waals surface area contributed by atoms with E-state index in [0.29, 0.717) is 17.5 Å². The molecule has 2 aromatic heterocycles. The summed E-state index contributed by atoms with van der Waals surface area (Å²) in [5.74, 6) is 0.937. The summed E-state index contributed by atoms with van der Waals surface area (Å²) in [6.45, 7) is 0. The Labute approximate surface area is 174 Å². The van der Waals surface area contributed by atoms with Gasteiger partial charge in [-0.2, -0.15) is 0 Å². The Morgan fingerprint density at radius 1 is 1.00 bits per heavy atom. The van der Waals surface area contributed by atoms with E-state index < -0.39 is 0 Å². The monoisotopic (exact) mass is 401 g/mol. The summed E-state index contributed by atoms with van der Waals surface area (Å²) in [7, 11) is 0. The van der Waals surface area contributed by atoms with E-state index in [2.05, 4.69) is 39.2 Å². The molecule has 1 N–H and O–H groups in total. The average molecular weight is 402 g/mol. The number of nitrogens with one attached hydrogen (secondary N) is 1. The SMILES string of the molecule is O=C(CCC1CCCC1)c1cc2c(cc1Sc1ncccn1)[nH]c1ccccc12. The molecule has 2 heterocycles. The molecule has 0 radical (unpaired) electrons. The Morgan fingerprint density at radius 2 is 1.79 bits per heavy atom. The van der Waals surface area contributed by atoms with Crippen molar-refractivity contribution < 1.29 is 4.79 Å². The number of H-pyrrole nitrogens is 1. The highest BCUT2D eigenvalue weighted by atomic mass is 32.2. The topological polar surface area (TPSA) is 58.6 Å². The Balaban J connectivity index is 1.54. The van der Waals surface area contributed by atoms with Crippen LogP contribution in [0, 0.1) is 5.92 Å². The molecule has 4 aromatic rings. The fourth-order valence-electron chi connectivity index (χ4n) is 4.39. The molecule has 5 rings (SSSR count). The number of ketones is 1. The number of fused-ring (bicyclic) bond motifs is 3. The first kappa shape index (κ1) is 18.4. The summed E-state index contributed by atoms with van der Waals surface area (Å²) >= 11 is 1.46. The lowest BCUT2D eigenvalue weighted by Crippen LogP contribution is -2.05. The number of nitrogens with zero attached hydrogens (tertiary/aromatic N) is 2. The summed E-state index contributed by atoms with van der Waals surface area (Å²) in [5.41, 5.74) is 2.92. The van der Waals surface area contributed by atoms with Gasteiger partial charge in [-0.3, -0.25) is 4.79 Å². The number of Topliss-reactive ketones (excluding diaryl/α,β-unsaturated/α-hetero) is 1. The second kappa shape index (κ2) is 7.99. The number of rotatable bonds is 6. The van der Waals surface area contributed by atoms with Gasteiger partial charge in [0, 0.05) is 51.1 Å². The second-order valence-electron chi connectivity index (χ2n) is 7.81. The zero-order chi connectivity index (χ0) is 19.6. The largest absolute Gasteiger partial charge is 0.354 e. The normalized spacial score (nSPS) is 14.8. The minimum atomic E-state index is 0.225. The van der Waals surface area contributed by atoms with Gasteiger partial charge in [0.05, 0.1) is 0 Å². The van der Waals surface area contributed by atoms with E-state index in [1.165, 1.54) is 37.4 Å². The fraction of sp³-hybridized carbons (Fsp3) is 0.292. The first-order chi connectivity index (χ1) is 14.3. The van der Waals surface area contributed by atoms with E-state index in [0.717, 1.165) is 38.7 Å². The zero-order valence-electron chi connectivity index (χ0n) is 16.2. The van der Waals surface area contributed by atoms with E-state index in [4.69, 9.17) is 0 Å². The van der Waals surface area contributed by atoms with Crippen molar-refractivity contribution >= 4 is 39.4 Å². The van der Waals surface area contributed by atoms with Crippen LogP contribution >= 0.6 is 11.8 Å². The molecule has 0 atom stereocenters. The standard InChI is InChI=1S/C24H23N3OS/c28-22(11-10-16-6-1-2-7-16)19-14-18-17-8-3-4-9-20(17)27-21(18)15-23(19)29-24-25-12-5-13-26-24/h3-5,8-9,12-16,27H,1-2,6-7,10-11H2. The summed E-state index contributed by atoms with van der Waals surface area (Å²) in [6.07, 6.45) is 10.2.